The minimum absolute atomic E-state index is 0. The third kappa shape index (κ3) is 12.1. The van der Waals surface area contributed by atoms with Crippen LogP contribution in [0.1, 0.15) is 99.9 Å². The second kappa shape index (κ2) is 21.5. The standard InChI is InChI=1S/2C30H28NO4P2S2.Mn/c2*1-29(2)21-5-13-25(14-6-21)32-36(38,33-26-15-7-22(29)8-16-26)31-37(39)34-27-17-9-23(10-18-27)30(3,4)24-11-19-28(35-37)20-12-24;/h2*5-20H,1-4H3;/q2*-1;+2. The van der Waals surface area contributed by atoms with Crippen molar-refractivity contribution in [1.82, 2.24) is 0 Å². The Morgan fingerprint density at radius 1 is 0.266 bits per heavy atom. The summed E-state index contributed by atoms with van der Waals surface area (Å²) < 4.78 is 60.1. The zero-order valence-corrected chi connectivity index (χ0v) is 52.5. The predicted octanol–water partition coefficient (Wildman–Crippen LogP) is 18.6. The van der Waals surface area contributed by atoms with Crippen molar-refractivity contribution in [2.45, 2.75) is 77.0 Å². The quantitative estimate of drug-likeness (QED) is 0.0936. The molecule has 0 spiro atoms. The predicted molar refractivity (Wildman–Crippen MR) is 327 cm³/mol. The van der Waals surface area contributed by atoms with Gasteiger partial charge in [-0.05, 0) is 142 Å². The summed E-state index contributed by atoms with van der Waals surface area (Å²) in [5, 5.41) is 0. The van der Waals surface area contributed by atoms with E-state index in [1.807, 2.05) is 194 Å². The second-order valence-corrected chi connectivity index (χ2v) is 33.7. The van der Waals surface area contributed by atoms with Gasteiger partial charge in [-0.15, -0.1) is 9.03 Å². The Hall–Kier alpha value is -4.86. The fourth-order valence-electron chi connectivity index (χ4n) is 9.68. The van der Waals surface area contributed by atoms with Gasteiger partial charge in [-0.25, -0.2) is 0 Å². The normalized spacial score (nSPS) is 18.9. The zero-order valence-electron chi connectivity index (χ0n) is 44.4. The molecule has 0 saturated heterocycles. The Balaban J connectivity index is 0.000000176. The molecule has 8 aromatic rings. The average molecular weight is 1240 g/mol. The van der Waals surface area contributed by atoms with Gasteiger partial charge in [-0.1, -0.05) is 152 Å². The number of rotatable bonds is 2. The van der Waals surface area contributed by atoms with Crippen LogP contribution in [0.3, 0.4) is 0 Å². The number of hydrogen-bond donors (Lipinski definition) is 0. The summed E-state index contributed by atoms with van der Waals surface area (Å²) in [5.41, 5.74) is 8.49. The topological polar surface area (TPSA) is 98.6 Å². The molecule has 0 atom stereocenters. The average Bonchev–Trinajstić information content (AvgIpc) is 3.47. The zero-order chi connectivity index (χ0) is 54.9. The molecule has 0 aliphatic carbocycles. The largest absolute Gasteiger partial charge is 2.00 e. The fourth-order valence-corrected chi connectivity index (χ4v) is 22.6. The van der Waals surface area contributed by atoms with Gasteiger partial charge in [0, 0.05) is 45.3 Å². The smallest absolute Gasteiger partial charge is 0.656 e. The first-order valence-electron chi connectivity index (χ1n) is 25.2. The van der Waals surface area contributed by atoms with Gasteiger partial charge in [0.25, 0.3) is 0 Å². The number of nitrogens with zero attached hydrogens (tertiary/aromatic N) is 2. The van der Waals surface area contributed by atoms with E-state index in [0.29, 0.717) is 46.0 Å². The van der Waals surface area contributed by atoms with Gasteiger partial charge in [0.05, 0.1) is 0 Å². The maximum absolute atomic E-state index is 6.31. The molecule has 0 N–H and O–H groups in total. The van der Waals surface area contributed by atoms with Crippen molar-refractivity contribution in [3.05, 3.63) is 239 Å². The summed E-state index contributed by atoms with van der Waals surface area (Å²) in [6.07, 6.45) is 0. The van der Waals surface area contributed by atoms with Gasteiger partial charge in [0.2, 0.25) is 0 Å². The van der Waals surface area contributed by atoms with E-state index >= 15 is 0 Å². The van der Waals surface area contributed by atoms with Crippen molar-refractivity contribution in [3.63, 3.8) is 0 Å². The monoisotopic (exact) mass is 1240 g/mol. The van der Waals surface area contributed by atoms with Crippen LogP contribution in [0.15, 0.2) is 203 Å². The molecule has 1 radical (unpaired) electrons. The first kappa shape index (κ1) is 57.4. The molecule has 79 heavy (non-hydrogen) atoms. The van der Waals surface area contributed by atoms with Gasteiger partial charge in [0.15, 0.2) is 13.4 Å². The van der Waals surface area contributed by atoms with Crippen LogP contribution >= 0.6 is 26.7 Å². The molecule has 16 aliphatic rings. The van der Waals surface area contributed by atoms with E-state index in [1.54, 1.807) is 0 Å². The van der Waals surface area contributed by atoms with Crippen LogP contribution in [-0.2, 0) is 86.8 Å². The van der Waals surface area contributed by atoms with Gasteiger partial charge in [-0.2, -0.15) is 0 Å². The van der Waals surface area contributed by atoms with Gasteiger partial charge >= 0.3 is 30.4 Å². The molecule has 10 nitrogen and oxygen atoms in total. The molecule has 19 heteroatoms. The Morgan fingerprint density at radius 2 is 0.392 bits per heavy atom. The van der Waals surface area contributed by atoms with Crippen LogP contribution in [0.25, 0.3) is 0 Å². The van der Waals surface area contributed by atoms with Crippen molar-refractivity contribution < 1.29 is 53.3 Å². The van der Waals surface area contributed by atoms with E-state index in [-0.39, 0.29) is 38.7 Å². The molecule has 0 aromatic heterocycles. The Kier molecular flexibility index (Phi) is 15.6. The molecule has 16 heterocycles. The summed E-state index contributed by atoms with van der Waals surface area (Å²) in [4.78, 5) is 0. The van der Waals surface area contributed by atoms with Crippen molar-refractivity contribution in [2.75, 3.05) is 0 Å². The van der Waals surface area contributed by atoms with E-state index < -0.39 is 26.7 Å². The summed E-state index contributed by atoms with van der Waals surface area (Å²) in [6, 6.07) is 62.9. The van der Waals surface area contributed by atoms with E-state index in [9.17, 15) is 0 Å². The Labute approximate surface area is 495 Å². The number of benzene rings is 8. The Bertz CT molecular complexity index is 3300. The van der Waals surface area contributed by atoms with Gasteiger partial charge in [0.1, 0.15) is 46.0 Å². The molecule has 16 bridgehead atoms. The third-order valence-electron chi connectivity index (χ3n) is 14.8. The van der Waals surface area contributed by atoms with Crippen molar-refractivity contribution in [3.8, 4) is 46.0 Å². The summed E-state index contributed by atoms with van der Waals surface area (Å²) in [7, 11) is 0. The minimum Gasteiger partial charge on any atom is -0.656 e. The van der Waals surface area contributed by atoms with Gasteiger partial charge < -0.3 is 60.7 Å². The van der Waals surface area contributed by atoms with Crippen LogP contribution in [-0.4, -0.2) is 0 Å². The van der Waals surface area contributed by atoms with E-state index in [2.05, 4.69) is 55.4 Å². The van der Waals surface area contributed by atoms with Crippen LogP contribution in [0.5, 0.6) is 46.0 Å². The summed E-state index contributed by atoms with van der Waals surface area (Å²) >= 11 is 24.0. The minimum atomic E-state index is -3.45. The molecule has 405 valence electrons. The van der Waals surface area contributed by atoms with Gasteiger partial charge in [-0.3, -0.25) is 0 Å². The van der Waals surface area contributed by atoms with Crippen molar-refractivity contribution in [2.24, 2.45) is 9.03 Å². The maximum atomic E-state index is 6.31. The molecular weight excluding hydrogens is 1180 g/mol. The van der Waals surface area contributed by atoms with Crippen LogP contribution < -0.4 is 36.2 Å². The molecule has 0 saturated carbocycles. The van der Waals surface area contributed by atoms with Crippen LogP contribution in [0.2, 0.25) is 0 Å². The molecule has 16 aliphatic heterocycles. The summed E-state index contributed by atoms with van der Waals surface area (Å²) in [6.45, 7) is 3.70. The molecule has 24 rings (SSSR count). The van der Waals surface area contributed by atoms with Crippen molar-refractivity contribution in [1.29, 1.82) is 0 Å². The fraction of sp³-hybridized carbons (Fsp3) is 0.200. The van der Waals surface area contributed by atoms with Crippen molar-refractivity contribution >= 4 is 74.8 Å². The molecule has 0 fully saturated rings. The molecule has 8 aromatic carbocycles. The maximum Gasteiger partial charge on any atom is 2.00 e. The molecule has 0 amide bonds. The van der Waals surface area contributed by atoms with E-state index in [1.165, 1.54) is 0 Å². The van der Waals surface area contributed by atoms with E-state index in [0.717, 1.165) is 44.5 Å². The third-order valence-corrected chi connectivity index (χ3v) is 26.3. The second-order valence-electron chi connectivity index (χ2n) is 21.5. The molecular formula is C60H56MnN2O8P4S4. The first-order valence-corrected chi connectivity index (χ1v) is 35.6. The van der Waals surface area contributed by atoms with Crippen LogP contribution in [0.4, 0.5) is 0 Å². The van der Waals surface area contributed by atoms with E-state index in [4.69, 9.17) is 93.3 Å². The summed E-state index contributed by atoms with van der Waals surface area (Å²) in [5.74, 6) is 4.36. The Morgan fingerprint density at radius 3 is 0.532 bits per heavy atom. The SMILES string of the molecule is CC1(C)c2ccc(cc2)OP(=S)(N=P2([S-])Oc3ccc(cc3)C(C)(C)c3ccc(cc3)O2)Oc2ccc1cc2.CC1(C)c2ccc(cc2)OP(=S)(N=P2([S-])Oc3ccc(cc3)C(C)(C)c3ccc(cc3)O2)Oc2ccc1cc2.[Mn+2]. The molecule has 0 unspecified atom stereocenters. The first-order chi connectivity index (χ1) is 36.9. The van der Waals surface area contributed by atoms with Crippen LogP contribution in [0, 0.1) is 0 Å². The number of hydrogen-bond acceptors (Lipinski definition) is 12.